The van der Waals surface area contributed by atoms with E-state index < -0.39 is 0 Å². The SMILES string of the molecule is Brc1ccccc1Cn1cc(COc2ccc(-c3nc(-c4ccccc4)c(-c4ccccc4)[nH]3)cc2)nn1. The van der Waals surface area contributed by atoms with Crippen LogP contribution in [0.3, 0.4) is 0 Å². The molecule has 6 nitrogen and oxygen atoms in total. The van der Waals surface area contributed by atoms with Crippen molar-refractivity contribution >= 4 is 15.9 Å². The third-order valence-corrected chi connectivity index (χ3v) is 6.98. The van der Waals surface area contributed by atoms with Gasteiger partial charge in [-0.2, -0.15) is 0 Å². The zero-order valence-electron chi connectivity index (χ0n) is 20.5. The van der Waals surface area contributed by atoms with Crippen molar-refractivity contribution in [2.45, 2.75) is 13.2 Å². The van der Waals surface area contributed by atoms with E-state index in [0.29, 0.717) is 13.2 Å². The summed E-state index contributed by atoms with van der Waals surface area (Å²) in [5.74, 6) is 1.57. The largest absolute Gasteiger partial charge is 0.487 e. The van der Waals surface area contributed by atoms with Crippen LogP contribution in [0.5, 0.6) is 5.75 Å². The summed E-state index contributed by atoms with van der Waals surface area (Å²) < 4.78 is 8.85. The van der Waals surface area contributed by atoms with Crippen molar-refractivity contribution in [2.75, 3.05) is 0 Å². The Hall–Kier alpha value is -4.49. The minimum Gasteiger partial charge on any atom is -0.487 e. The third kappa shape index (κ3) is 5.28. The quantitative estimate of drug-likeness (QED) is 0.210. The molecule has 0 amide bonds. The Labute approximate surface area is 229 Å². The molecule has 7 heteroatoms. The maximum atomic E-state index is 5.98. The predicted molar refractivity (Wildman–Crippen MR) is 152 cm³/mol. The third-order valence-electron chi connectivity index (χ3n) is 6.20. The first-order valence-corrected chi connectivity index (χ1v) is 13.1. The van der Waals surface area contributed by atoms with Gasteiger partial charge in [-0.3, -0.25) is 0 Å². The smallest absolute Gasteiger partial charge is 0.138 e. The lowest BCUT2D eigenvalue weighted by Gasteiger charge is -2.05. The van der Waals surface area contributed by atoms with Crippen molar-refractivity contribution in [3.05, 3.63) is 131 Å². The number of imidazole rings is 1. The van der Waals surface area contributed by atoms with Crippen molar-refractivity contribution in [2.24, 2.45) is 0 Å². The number of halogens is 1. The van der Waals surface area contributed by atoms with E-state index in [2.05, 4.69) is 61.6 Å². The highest BCUT2D eigenvalue weighted by atomic mass is 79.9. The van der Waals surface area contributed by atoms with Gasteiger partial charge in [-0.25, -0.2) is 9.67 Å². The lowest BCUT2D eigenvalue weighted by atomic mass is 10.1. The first-order chi connectivity index (χ1) is 18.7. The number of aromatic amines is 1. The second-order valence-electron chi connectivity index (χ2n) is 8.85. The number of hydrogen-bond donors (Lipinski definition) is 1. The van der Waals surface area contributed by atoms with Crippen LogP contribution >= 0.6 is 15.9 Å². The molecule has 0 aliphatic carbocycles. The van der Waals surface area contributed by atoms with Gasteiger partial charge in [-0.1, -0.05) is 100 Å². The topological polar surface area (TPSA) is 68.6 Å². The standard InChI is InChI=1S/C31H24BrN5O/c32-28-14-8-7-13-25(28)19-37-20-26(35-36-37)21-38-27-17-15-24(16-18-27)31-33-29(22-9-3-1-4-10-22)30(34-31)23-11-5-2-6-12-23/h1-18,20H,19,21H2,(H,33,34). The highest BCUT2D eigenvalue weighted by Gasteiger charge is 2.15. The summed E-state index contributed by atoms with van der Waals surface area (Å²) in [6.07, 6.45) is 1.91. The molecule has 0 saturated heterocycles. The normalized spacial score (nSPS) is 11.0. The lowest BCUT2D eigenvalue weighted by molar-refractivity contribution is 0.301. The zero-order valence-corrected chi connectivity index (χ0v) is 22.0. The van der Waals surface area contributed by atoms with Gasteiger partial charge in [-0.05, 0) is 35.9 Å². The van der Waals surface area contributed by atoms with Gasteiger partial charge in [0.2, 0.25) is 0 Å². The van der Waals surface area contributed by atoms with Gasteiger partial charge >= 0.3 is 0 Å². The van der Waals surface area contributed by atoms with Crippen LogP contribution < -0.4 is 4.74 Å². The van der Waals surface area contributed by atoms with Gasteiger partial charge < -0.3 is 9.72 Å². The number of benzene rings is 4. The summed E-state index contributed by atoms with van der Waals surface area (Å²) in [5.41, 5.74) is 6.99. The molecule has 6 rings (SSSR count). The zero-order chi connectivity index (χ0) is 25.7. The fourth-order valence-electron chi connectivity index (χ4n) is 4.28. The van der Waals surface area contributed by atoms with Crippen LogP contribution in [-0.2, 0) is 13.2 Å². The van der Waals surface area contributed by atoms with Gasteiger partial charge in [0.15, 0.2) is 0 Å². The molecular formula is C31H24BrN5O. The van der Waals surface area contributed by atoms with Crippen molar-refractivity contribution in [3.8, 4) is 39.7 Å². The van der Waals surface area contributed by atoms with Gasteiger partial charge in [0, 0.05) is 21.2 Å². The van der Waals surface area contributed by atoms with Crippen molar-refractivity contribution < 1.29 is 4.74 Å². The van der Waals surface area contributed by atoms with Gasteiger partial charge in [0.25, 0.3) is 0 Å². The van der Waals surface area contributed by atoms with E-state index in [4.69, 9.17) is 9.72 Å². The van der Waals surface area contributed by atoms with Crippen molar-refractivity contribution in [1.82, 2.24) is 25.0 Å². The molecule has 2 aromatic heterocycles. The molecule has 2 heterocycles. The molecule has 0 saturated carbocycles. The summed E-state index contributed by atoms with van der Waals surface area (Å²) in [4.78, 5) is 8.51. The predicted octanol–water partition coefficient (Wildman–Crippen LogP) is 7.39. The summed E-state index contributed by atoms with van der Waals surface area (Å²) in [5, 5.41) is 8.48. The highest BCUT2D eigenvalue weighted by Crippen LogP contribution is 2.33. The molecule has 0 fully saturated rings. The molecule has 6 aromatic rings. The second kappa shape index (κ2) is 10.9. The van der Waals surface area contributed by atoms with Crippen LogP contribution in [0.1, 0.15) is 11.3 Å². The Kier molecular flexibility index (Phi) is 6.83. The fraction of sp³-hybridized carbons (Fsp3) is 0.0645. The minimum absolute atomic E-state index is 0.340. The first kappa shape index (κ1) is 23.9. The van der Waals surface area contributed by atoms with Crippen molar-refractivity contribution in [3.63, 3.8) is 0 Å². The van der Waals surface area contributed by atoms with E-state index in [9.17, 15) is 0 Å². The Morgan fingerprint density at radius 3 is 2.16 bits per heavy atom. The number of nitrogens with zero attached hydrogens (tertiary/aromatic N) is 4. The molecule has 186 valence electrons. The molecule has 0 aliphatic rings. The number of ether oxygens (including phenoxy) is 1. The number of rotatable bonds is 8. The molecule has 38 heavy (non-hydrogen) atoms. The van der Waals surface area contributed by atoms with E-state index in [1.807, 2.05) is 89.7 Å². The number of hydrogen-bond acceptors (Lipinski definition) is 4. The molecule has 0 unspecified atom stereocenters. The Balaban J connectivity index is 1.17. The Bertz CT molecular complexity index is 1590. The molecule has 0 aliphatic heterocycles. The Morgan fingerprint density at radius 2 is 1.42 bits per heavy atom. The highest BCUT2D eigenvalue weighted by molar-refractivity contribution is 9.10. The van der Waals surface area contributed by atoms with Crippen molar-refractivity contribution in [1.29, 1.82) is 0 Å². The van der Waals surface area contributed by atoms with E-state index in [0.717, 1.165) is 55.4 Å². The average molecular weight is 562 g/mol. The van der Waals surface area contributed by atoms with Crippen LogP contribution in [0.2, 0.25) is 0 Å². The maximum Gasteiger partial charge on any atom is 0.138 e. The molecule has 0 bridgehead atoms. The molecule has 1 N–H and O–H groups in total. The summed E-state index contributed by atoms with van der Waals surface area (Å²) >= 11 is 3.58. The van der Waals surface area contributed by atoms with Gasteiger partial charge in [0.05, 0.1) is 24.1 Å². The van der Waals surface area contributed by atoms with E-state index in [1.165, 1.54) is 0 Å². The monoisotopic (exact) mass is 561 g/mol. The number of H-pyrrole nitrogens is 1. The lowest BCUT2D eigenvalue weighted by Crippen LogP contribution is -2.01. The van der Waals surface area contributed by atoms with Crippen LogP contribution in [0.4, 0.5) is 0 Å². The average Bonchev–Trinajstić information content (AvgIpc) is 3.62. The minimum atomic E-state index is 0.340. The Morgan fingerprint density at radius 1 is 0.737 bits per heavy atom. The summed E-state index contributed by atoms with van der Waals surface area (Å²) in [6.45, 7) is 0.981. The molecule has 4 aromatic carbocycles. The van der Waals surface area contributed by atoms with Gasteiger partial charge in [0.1, 0.15) is 23.9 Å². The van der Waals surface area contributed by atoms with E-state index in [1.54, 1.807) is 0 Å². The number of aromatic nitrogens is 5. The molecule has 0 spiro atoms. The van der Waals surface area contributed by atoms with Crippen LogP contribution in [0.15, 0.2) is 120 Å². The summed E-state index contributed by atoms with van der Waals surface area (Å²) in [6, 6.07) is 36.5. The molecule has 0 radical (unpaired) electrons. The van der Waals surface area contributed by atoms with Crippen LogP contribution in [-0.4, -0.2) is 25.0 Å². The fourth-order valence-corrected chi connectivity index (χ4v) is 4.69. The van der Waals surface area contributed by atoms with Gasteiger partial charge in [-0.15, -0.1) is 5.10 Å². The van der Waals surface area contributed by atoms with Crippen LogP contribution in [0, 0.1) is 0 Å². The van der Waals surface area contributed by atoms with Crippen LogP contribution in [0.25, 0.3) is 33.9 Å². The van der Waals surface area contributed by atoms with E-state index >= 15 is 0 Å². The molecule has 0 atom stereocenters. The number of nitrogens with one attached hydrogen (secondary N) is 1. The maximum absolute atomic E-state index is 5.98. The molecular weight excluding hydrogens is 538 g/mol. The second-order valence-corrected chi connectivity index (χ2v) is 9.71. The summed E-state index contributed by atoms with van der Waals surface area (Å²) in [7, 11) is 0. The van der Waals surface area contributed by atoms with E-state index in [-0.39, 0.29) is 0 Å². The first-order valence-electron chi connectivity index (χ1n) is 12.3.